The zero-order valence-corrected chi connectivity index (χ0v) is 10.8. The second kappa shape index (κ2) is 4.31. The average Bonchev–Trinajstić information content (AvgIpc) is 3.00. The van der Waals surface area contributed by atoms with E-state index in [-0.39, 0.29) is 16.8 Å². The Balaban J connectivity index is 2.34. The van der Waals surface area contributed by atoms with Crippen LogP contribution in [-0.2, 0) is 9.05 Å². The molecule has 0 unspecified atom stereocenters. The van der Waals surface area contributed by atoms with E-state index in [1.165, 1.54) is 12.1 Å². The van der Waals surface area contributed by atoms with Crippen molar-refractivity contribution in [3.05, 3.63) is 29.3 Å². The van der Waals surface area contributed by atoms with Crippen molar-refractivity contribution < 1.29 is 13.2 Å². The highest BCUT2D eigenvalue weighted by atomic mass is 35.7. The molecule has 2 rings (SSSR count). The summed E-state index contributed by atoms with van der Waals surface area (Å²) in [6.07, 6.45) is 1.97. The summed E-state index contributed by atoms with van der Waals surface area (Å²) in [5.41, 5.74) is 1.09. The lowest BCUT2D eigenvalue weighted by Crippen LogP contribution is -2.26. The van der Waals surface area contributed by atoms with Gasteiger partial charge in [-0.2, -0.15) is 0 Å². The quantitative estimate of drug-likeness (QED) is 0.855. The predicted molar refractivity (Wildman–Crippen MR) is 64.7 cm³/mol. The number of halogens is 1. The van der Waals surface area contributed by atoms with Crippen LogP contribution in [0.5, 0.6) is 0 Å². The second-order valence-corrected chi connectivity index (χ2v) is 6.73. The number of nitrogens with one attached hydrogen (secondary N) is 1. The highest BCUT2D eigenvalue weighted by Gasteiger charge is 2.25. The van der Waals surface area contributed by atoms with E-state index in [2.05, 4.69) is 5.32 Å². The van der Waals surface area contributed by atoms with E-state index in [1.807, 2.05) is 0 Å². The molecular formula is C11H12ClNO3S. The fraction of sp³-hybridized carbons (Fsp3) is 0.364. The number of carbonyl (C=O) groups excluding carboxylic acids is 1. The van der Waals surface area contributed by atoms with Crippen LogP contribution in [0.4, 0.5) is 0 Å². The molecule has 0 spiro atoms. The number of hydrogen-bond acceptors (Lipinski definition) is 3. The molecule has 17 heavy (non-hydrogen) atoms. The van der Waals surface area contributed by atoms with Crippen LogP contribution in [0.15, 0.2) is 23.1 Å². The standard InChI is InChI=1S/C11H12ClNO3S/c1-7-2-5-9(17(12,15)16)6-10(7)11(14)13-8-3-4-8/h2,5-6,8H,3-4H2,1H3,(H,13,14). The van der Waals surface area contributed by atoms with Gasteiger partial charge < -0.3 is 5.32 Å². The summed E-state index contributed by atoms with van der Waals surface area (Å²) >= 11 is 0. The van der Waals surface area contributed by atoms with Crippen molar-refractivity contribution in [3.63, 3.8) is 0 Å². The van der Waals surface area contributed by atoms with E-state index >= 15 is 0 Å². The largest absolute Gasteiger partial charge is 0.349 e. The first-order valence-corrected chi connectivity index (χ1v) is 7.55. The van der Waals surface area contributed by atoms with Crippen LogP contribution in [0.2, 0.25) is 0 Å². The average molecular weight is 274 g/mol. The molecule has 1 fully saturated rings. The van der Waals surface area contributed by atoms with Crippen molar-refractivity contribution in [1.29, 1.82) is 0 Å². The Morgan fingerprint density at radius 3 is 2.59 bits per heavy atom. The smallest absolute Gasteiger partial charge is 0.261 e. The maximum atomic E-state index is 11.8. The number of carbonyl (C=O) groups is 1. The SMILES string of the molecule is Cc1ccc(S(=O)(=O)Cl)cc1C(=O)NC1CC1. The van der Waals surface area contributed by atoms with Crippen molar-refractivity contribution in [2.75, 3.05) is 0 Å². The Morgan fingerprint density at radius 1 is 1.41 bits per heavy atom. The second-order valence-electron chi connectivity index (χ2n) is 4.16. The molecule has 6 heteroatoms. The fourth-order valence-corrected chi connectivity index (χ4v) is 2.27. The van der Waals surface area contributed by atoms with Gasteiger partial charge >= 0.3 is 0 Å². The molecular weight excluding hydrogens is 262 g/mol. The topological polar surface area (TPSA) is 63.2 Å². The molecule has 92 valence electrons. The van der Waals surface area contributed by atoms with E-state index in [9.17, 15) is 13.2 Å². The molecule has 0 atom stereocenters. The Morgan fingerprint density at radius 2 is 2.06 bits per heavy atom. The lowest BCUT2D eigenvalue weighted by Gasteiger charge is -2.07. The molecule has 4 nitrogen and oxygen atoms in total. The van der Waals surface area contributed by atoms with Gasteiger partial charge in [-0.1, -0.05) is 6.07 Å². The molecule has 0 radical (unpaired) electrons. The van der Waals surface area contributed by atoms with Crippen LogP contribution in [-0.4, -0.2) is 20.4 Å². The minimum atomic E-state index is -3.80. The van der Waals surface area contributed by atoms with Crippen LogP contribution < -0.4 is 5.32 Å². The number of rotatable bonds is 3. The number of hydrogen-bond donors (Lipinski definition) is 1. The molecule has 0 saturated heterocycles. The van der Waals surface area contributed by atoms with E-state index in [0.717, 1.165) is 18.4 Å². The van der Waals surface area contributed by atoms with Crippen LogP contribution in [0.1, 0.15) is 28.8 Å². The highest BCUT2D eigenvalue weighted by Crippen LogP contribution is 2.22. The molecule has 1 aromatic rings. The predicted octanol–water partition coefficient (Wildman–Crippen LogP) is 1.81. The van der Waals surface area contributed by atoms with Crippen LogP contribution in [0.25, 0.3) is 0 Å². The highest BCUT2D eigenvalue weighted by molar-refractivity contribution is 8.13. The molecule has 0 aromatic heterocycles. The van der Waals surface area contributed by atoms with Gasteiger partial charge in [0.05, 0.1) is 4.90 Å². The molecule has 1 amide bonds. The van der Waals surface area contributed by atoms with E-state index in [1.54, 1.807) is 13.0 Å². The third-order valence-corrected chi connectivity index (χ3v) is 4.00. The zero-order valence-electron chi connectivity index (χ0n) is 9.23. The molecule has 0 heterocycles. The Bertz CT molecular complexity index is 564. The maximum Gasteiger partial charge on any atom is 0.261 e. The third kappa shape index (κ3) is 2.98. The van der Waals surface area contributed by atoms with E-state index in [4.69, 9.17) is 10.7 Å². The van der Waals surface area contributed by atoms with Crippen molar-refractivity contribution >= 4 is 25.6 Å². The van der Waals surface area contributed by atoms with Crippen LogP contribution in [0.3, 0.4) is 0 Å². The van der Waals surface area contributed by atoms with Crippen molar-refractivity contribution in [1.82, 2.24) is 5.32 Å². The first-order valence-electron chi connectivity index (χ1n) is 5.24. The Labute approximate surface area is 104 Å². The van der Waals surface area contributed by atoms with Gasteiger partial charge in [0.1, 0.15) is 0 Å². The third-order valence-electron chi connectivity index (χ3n) is 2.65. The minimum Gasteiger partial charge on any atom is -0.349 e. The summed E-state index contributed by atoms with van der Waals surface area (Å²) < 4.78 is 22.4. The summed E-state index contributed by atoms with van der Waals surface area (Å²) in [4.78, 5) is 11.8. The van der Waals surface area contributed by atoms with Crippen molar-refractivity contribution in [2.45, 2.75) is 30.7 Å². The molecule has 1 aromatic carbocycles. The first kappa shape index (κ1) is 12.4. The van der Waals surface area contributed by atoms with Gasteiger partial charge in [-0.05, 0) is 37.5 Å². The lowest BCUT2D eigenvalue weighted by molar-refractivity contribution is 0.0950. The summed E-state index contributed by atoms with van der Waals surface area (Å²) in [5.74, 6) is -0.243. The number of aryl methyl sites for hydroxylation is 1. The minimum absolute atomic E-state index is 0.0503. The monoisotopic (exact) mass is 273 g/mol. The van der Waals surface area contributed by atoms with Crippen molar-refractivity contribution in [2.24, 2.45) is 0 Å². The van der Waals surface area contributed by atoms with Crippen LogP contribution >= 0.6 is 10.7 Å². The summed E-state index contributed by atoms with van der Waals surface area (Å²) in [6.45, 7) is 1.76. The zero-order chi connectivity index (χ0) is 12.6. The van der Waals surface area contributed by atoms with Gasteiger partial charge in [-0.25, -0.2) is 8.42 Å². The Hall–Kier alpha value is -1.07. The summed E-state index contributed by atoms with van der Waals surface area (Å²) in [6, 6.07) is 4.52. The molecule has 1 N–H and O–H groups in total. The molecule has 1 saturated carbocycles. The Kier molecular flexibility index (Phi) is 3.14. The van der Waals surface area contributed by atoms with Gasteiger partial charge in [0.15, 0.2) is 0 Å². The van der Waals surface area contributed by atoms with Gasteiger partial charge in [-0.15, -0.1) is 0 Å². The molecule has 1 aliphatic carbocycles. The molecule has 1 aliphatic rings. The van der Waals surface area contributed by atoms with E-state index < -0.39 is 9.05 Å². The summed E-state index contributed by atoms with van der Waals surface area (Å²) in [5, 5.41) is 2.81. The van der Waals surface area contributed by atoms with Gasteiger partial charge in [-0.3, -0.25) is 4.79 Å². The van der Waals surface area contributed by atoms with Gasteiger partial charge in [0.2, 0.25) is 0 Å². The van der Waals surface area contributed by atoms with Gasteiger partial charge in [0.25, 0.3) is 15.0 Å². The van der Waals surface area contributed by atoms with Crippen molar-refractivity contribution in [3.8, 4) is 0 Å². The maximum absolute atomic E-state index is 11.8. The molecule has 0 bridgehead atoms. The first-order chi connectivity index (χ1) is 7.88. The normalized spacial score (nSPS) is 15.6. The fourth-order valence-electron chi connectivity index (χ4n) is 1.49. The number of amides is 1. The number of benzene rings is 1. The van der Waals surface area contributed by atoms with E-state index in [0.29, 0.717) is 5.56 Å². The lowest BCUT2D eigenvalue weighted by atomic mass is 10.1. The molecule has 0 aliphatic heterocycles. The summed E-state index contributed by atoms with van der Waals surface area (Å²) in [7, 11) is 1.45. The van der Waals surface area contributed by atoms with Gasteiger partial charge in [0, 0.05) is 22.3 Å². The van der Waals surface area contributed by atoms with Crippen LogP contribution in [0, 0.1) is 6.92 Å².